The molecule has 0 fully saturated rings. The molecule has 0 aliphatic rings. The van der Waals surface area contributed by atoms with E-state index < -0.39 is 5.25 Å². The van der Waals surface area contributed by atoms with Crippen LogP contribution in [-0.4, -0.2) is 17.0 Å². The van der Waals surface area contributed by atoms with Crippen LogP contribution in [-0.2, 0) is 9.59 Å². The number of carbonyl (C=O) groups is 2. The van der Waals surface area contributed by atoms with Crippen LogP contribution in [0.3, 0.4) is 0 Å². The van der Waals surface area contributed by atoms with Gasteiger partial charge < -0.3 is 15.2 Å². The van der Waals surface area contributed by atoms with Gasteiger partial charge in [0, 0.05) is 23.1 Å². The number of benzene rings is 2. The summed E-state index contributed by atoms with van der Waals surface area (Å²) in [7, 11) is 0. The zero-order valence-corrected chi connectivity index (χ0v) is 19.0. The van der Waals surface area contributed by atoms with Gasteiger partial charge in [0.1, 0.15) is 11.0 Å². The van der Waals surface area contributed by atoms with Gasteiger partial charge >= 0.3 is 0 Å². The van der Waals surface area contributed by atoms with Crippen LogP contribution in [0.1, 0.15) is 43.8 Å². The highest BCUT2D eigenvalue weighted by Crippen LogP contribution is 2.36. The fourth-order valence-electron chi connectivity index (χ4n) is 2.96. The molecule has 0 spiro atoms. The minimum absolute atomic E-state index is 0.0163. The molecule has 0 bridgehead atoms. The molecule has 162 valence electrons. The second-order valence-electron chi connectivity index (χ2n) is 8.53. The van der Waals surface area contributed by atoms with E-state index in [1.807, 2.05) is 75.4 Å². The van der Waals surface area contributed by atoms with Crippen molar-refractivity contribution in [2.45, 2.75) is 44.3 Å². The minimum atomic E-state index is -0.473. The maximum atomic E-state index is 13.0. The van der Waals surface area contributed by atoms with Crippen molar-refractivity contribution in [3.63, 3.8) is 0 Å². The van der Waals surface area contributed by atoms with Crippen molar-refractivity contribution >= 4 is 35.1 Å². The van der Waals surface area contributed by atoms with Crippen LogP contribution in [0.4, 0.5) is 11.5 Å². The minimum Gasteiger partial charge on any atom is -0.360 e. The van der Waals surface area contributed by atoms with Gasteiger partial charge in [0.25, 0.3) is 0 Å². The Balaban J connectivity index is 1.72. The highest BCUT2D eigenvalue weighted by atomic mass is 32.2. The van der Waals surface area contributed by atoms with Gasteiger partial charge in [0.2, 0.25) is 11.8 Å². The lowest BCUT2D eigenvalue weighted by molar-refractivity contribution is -0.118. The second-order valence-corrected chi connectivity index (χ2v) is 9.71. The summed E-state index contributed by atoms with van der Waals surface area (Å²) in [6, 6.07) is 18.8. The molecule has 0 saturated carbocycles. The maximum absolute atomic E-state index is 13.0. The first-order chi connectivity index (χ1) is 14.7. The Hall–Kier alpha value is -3.06. The number of aromatic nitrogens is 1. The first kappa shape index (κ1) is 22.6. The van der Waals surface area contributed by atoms with Crippen LogP contribution >= 0.6 is 11.8 Å². The molecule has 0 aliphatic heterocycles. The number of thioether (sulfide) groups is 1. The number of aryl methyl sites for hydroxylation is 1. The van der Waals surface area contributed by atoms with Crippen LogP contribution in [0.5, 0.6) is 0 Å². The van der Waals surface area contributed by atoms with Crippen LogP contribution in [0.25, 0.3) is 0 Å². The molecule has 31 heavy (non-hydrogen) atoms. The summed E-state index contributed by atoms with van der Waals surface area (Å²) in [5, 5.41) is 9.12. The van der Waals surface area contributed by atoms with Crippen molar-refractivity contribution in [2.75, 3.05) is 10.6 Å². The molecule has 1 heterocycles. The van der Waals surface area contributed by atoms with Gasteiger partial charge in [-0.1, -0.05) is 56.3 Å². The summed E-state index contributed by atoms with van der Waals surface area (Å²) >= 11 is 1.43. The lowest BCUT2D eigenvalue weighted by atomic mass is 9.92. The molecule has 2 amide bonds. The van der Waals surface area contributed by atoms with Crippen molar-refractivity contribution in [2.24, 2.45) is 5.41 Å². The average molecular weight is 438 g/mol. The predicted octanol–water partition coefficient (Wildman–Crippen LogP) is 5.83. The molecule has 7 heteroatoms. The molecule has 1 atom stereocenters. The number of nitrogens with zero attached hydrogens (tertiary/aromatic N) is 1. The zero-order valence-electron chi connectivity index (χ0n) is 18.1. The van der Waals surface area contributed by atoms with Gasteiger partial charge in [0.15, 0.2) is 5.82 Å². The number of carbonyl (C=O) groups excluding carboxylic acids is 2. The monoisotopic (exact) mass is 437 g/mol. The third-order valence-corrected chi connectivity index (χ3v) is 5.57. The Labute approximate surface area is 186 Å². The van der Waals surface area contributed by atoms with E-state index >= 15 is 0 Å². The van der Waals surface area contributed by atoms with Crippen molar-refractivity contribution in [3.05, 3.63) is 72.0 Å². The summed E-state index contributed by atoms with van der Waals surface area (Å²) in [4.78, 5) is 26.1. The van der Waals surface area contributed by atoms with Crippen LogP contribution in [0.15, 0.2) is 70.1 Å². The normalized spacial score (nSPS) is 12.3. The van der Waals surface area contributed by atoms with E-state index in [1.165, 1.54) is 11.8 Å². The number of nitrogens with one attached hydrogen (secondary N) is 2. The number of hydrogen-bond donors (Lipinski definition) is 2. The van der Waals surface area contributed by atoms with E-state index in [-0.39, 0.29) is 17.2 Å². The molecule has 6 nitrogen and oxygen atoms in total. The van der Waals surface area contributed by atoms with Gasteiger partial charge in [-0.05, 0) is 42.2 Å². The largest absolute Gasteiger partial charge is 0.360 e. The fourth-order valence-corrected chi connectivity index (χ4v) is 3.98. The molecular formula is C24H27N3O3S. The standard InChI is InChI=1S/C24H27N3O3S/c1-16-14-20(27-30-16)26-23(29)22(17-8-6-5-7-9-17)31-19-12-10-18(11-13-19)25-21(28)15-24(2,3)4/h5-14,22H,15H2,1-4H3,(H,25,28)(H,26,27,29). The maximum Gasteiger partial charge on any atom is 0.243 e. The Morgan fingerprint density at radius 3 is 2.29 bits per heavy atom. The zero-order chi connectivity index (χ0) is 22.4. The number of rotatable bonds is 7. The van der Waals surface area contributed by atoms with Crippen molar-refractivity contribution in [1.29, 1.82) is 0 Å². The summed E-state index contributed by atoms with van der Waals surface area (Å²) in [5.41, 5.74) is 1.54. The summed E-state index contributed by atoms with van der Waals surface area (Å²) in [5.74, 6) is 0.814. The van der Waals surface area contributed by atoms with E-state index in [0.29, 0.717) is 18.0 Å². The Bertz CT molecular complexity index is 1020. The smallest absolute Gasteiger partial charge is 0.243 e. The number of hydrogen-bond acceptors (Lipinski definition) is 5. The Kier molecular flexibility index (Phi) is 7.17. The van der Waals surface area contributed by atoms with Crippen molar-refractivity contribution in [1.82, 2.24) is 5.16 Å². The van der Waals surface area contributed by atoms with E-state index in [2.05, 4.69) is 15.8 Å². The molecule has 3 rings (SSSR count). The lowest BCUT2D eigenvalue weighted by Gasteiger charge is -2.18. The molecule has 1 unspecified atom stereocenters. The van der Waals surface area contributed by atoms with Gasteiger partial charge in [-0.2, -0.15) is 0 Å². The second kappa shape index (κ2) is 9.83. The first-order valence-electron chi connectivity index (χ1n) is 10.1. The van der Waals surface area contributed by atoms with Gasteiger partial charge in [0.05, 0.1) is 0 Å². The third kappa shape index (κ3) is 7.00. The summed E-state index contributed by atoms with van der Waals surface area (Å²) in [6.07, 6.45) is 0.446. The van der Waals surface area contributed by atoms with Crippen molar-refractivity contribution in [3.8, 4) is 0 Å². The highest BCUT2D eigenvalue weighted by Gasteiger charge is 2.23. The summed E-state index contributed by atoms with van der Waals surface area (Å²) < 4.78 is 5.04. The van der Waals surface area contributed by atoms with Crippen LogP contribution in [0, 0.1) is 12.3 Å². The van der Waals surface area contributed by atoms with Crippen LogP contribution in [0.2, 0.25) is 0 Å². The lowest BCUT2D eigenvalue weighted by Crippen LogP contribution is -2.19. The molecule has 0 radical (unpaired) electrons. The highest BCUT2D eigenvalue weighted by molar-refractivity contribution is 8.00. The van der Waals surface area contributed by atoms with E-state index in [9.17, 15) is 9.59 Å². The van der Waals surface area contributed by atoms with E-state index in [1.54, 1.807) is 13.0 Å². The molecule has 0 saturated heterocycles. The van der Waals surface area contributed by atoms with E-state index in [4.69, 9.17) is 4.52 Å². The topological polar surface area (TPSA) is 84.2 Å². The Morgan fingerprint density at radius 2 is 1.71 bits per heavy atom. The molecule has 2 N–H and O–H groups in total. The Morgan fingerprint density at radius 1 is 1.03 bits per heavy atom. The molecule has 3 aromatic rings. The fraction of sp³-hybridized carbons (Fsp3) is 0.292. The molecular weight excluding hydrogens is 410 g/mol. The number of amides is 2. The first-order valence-corrected chi connectivity index (χ1v) is 10.9. The summed E-state index contributed by atoms with van der Waals surface area (Å²) in [6.45, 7) is 7.86. The van der Waals surface area contributed by atoms with Crippen LogP contribution < -0.4 is 10.6 Å². The molecule has 2 aromatic carbocycles. The quantitative estimate of drug-likeness (QED) is 0.454. The van der Waals surface area contributed by atoms with Gasteiger partial charge in [-0.3, -0.25) is 9.59 Å². The van der Waals surface area contributed by atoms with Crippen molar-refractivity contribution < 1.29 is 14.1 Å². The predicted molar refractivity (Wildman–Crippen MR) is 124 cm³/mol. The van der Waals surface area contributed by atoms with E-state index in [0.717, 1.165) is 16.1 Å². The van der Waals surface area contributed by atoms with Gasteiger partial charge in [-0.15, -0.1) is 11.8 Å². The number of anilines is 2. The third-order valence-electron chi connectivity index (χ3n) is 4.30. The SMILES string of the molecule is Cc1cc(NC(=O)C(Sc2ccc(NC(=O)CC(C)(C)C)cc2)c2ccccc2)no1. The molecule has 0 aliphatic carbocycles. The molecule has 1 aromatic heterocycles. The van der Waals surface area contributed by atoms with Gasteiger partial charge in [-0.25, -0.2) is 0 Å². The average Bonchev–Trinajstić information content (AvgIpc) is 3.11.